The molecule has 0 amide bonds. The van der Waals surface area contributed by atoms with Gasteiger partial charge in [-0.1, -0.05) is 6.07 Å². The van der Waals surface area contributed by atoms with Gasteiger partial charge in [0.25, 0.3) is 0 Å². The molecule has 0 spiro atoms. The summed E-state index contributed by atoms with van der Waals surface area (Å²) in [7, 11) is 3.58. The van der Waals surface area contributed by atoms with Crippen molar-refractivity contribution in [1.29, 1.82) is 0 Å². The highest BCUT2D eigenvalue weighted by molar-refractivity contribution is 7.16. The van der Waals surface area contributed by atoms with Crippen molar-refractivity contribution in [3.63, 3.8) is 0 Å². The summed E-state index contributed by atoms with van der Waals surface area (Å²) < 4.78 is 28.1. The Morgan fingerprint density at radius 2 is 1.91 bits per heavy atom. The van der Waals surface area contributed by atoms with Gasteiger partial charge in [0.05, 0.1) is 11.4 Å². The van der Waals surface area contributed by atoms with Crippen molar-refractivity contribution in [2.24, 2.45) is 0 Å². The smallest absolute Gasteiger partial charge is 0.138 e. The number of anilines is 1. The summed E-state index contributed by atoms with van der Waals surface area (Å²) in [6, 6.07) is 5.39. The molecule has 1 aromatic carbocycles. The quantitative estimate of drug-likeness (QED) is 0.773. The van der Waals surface area contributed by atoms with E-state index in [0.29, 0.717) is 12.4 Å². The lowest BCUT2D eigenvalue weighted by molar-refractivity contribution is 0.295. The van der Waals surface area contributed by atoms with Gasteiger partial charge in [-0.05, 0) is 37.7 Å². The molecule has 0 bridgehead atoms. The molecule has 7 heteroatoms. The molecule has 0 aliphatic rings. The van der Waals surface area contributed by atoms with Crippen molar-refractivity contribution in [2.45, 2.75) is 6.04 Å². The Morgan fingerprint density at radius 3 is 2.61 bits per heavy atom. The molecule has 3 aromatic rings. The molecule has 23 heavy (non-hydrogen) atoms. The van der Waals surface area contributed by atoms with Crippen LogP contribution in [0.4, 0.5) is 14.6 Å². The van der Waals surface area contributed by atoms with E-state index in [1.165, 1.54) is 35.9 Å². The summed E-state index contributed by atoms with van der Waals surface area (Å²) in [6.07, 6.45) is 1.48. The van der Waals surface area contributed by atoms with Crippen LogP contribution in [0, 0.1) is 11.6 Å². The molecule has 3 rings (SSSR count). The summed E-state index contributed by atoms with van der Waals surface area (Å²) in [6.45, 7) is 0.326. The molecule has 0 saturated heterocycles. The number of rotatable bonds is 5. The molecule has 0 aliphatic heterocycles. The fourth-order valence-electron chi connectivity index (χ4n) is 2.50. The molecule has 0 radical (unpaired) electrons. The predicted octanol–water partition coefficient (Wildman–Crippen LogP) is 3.68. The molecular weight excluding hydrogens is 318 g/mol. The number of nitrogens with zero attached hydrogens (tertiary/aromatic N) is 3. The van der Waals surface area contributed by atoms with Gasteiger partial charge in [-0.15, -0.1) is 11.3 Å². The Kier molecular flexibility index (Phi) is 4.49. The first-order valence-electron chi connectivity index (χ1n) is 7.10. The van der Waals surface area contributed by atoms with Crippen molar-refractivity contribution in [3.8, 4) is 0 Å². The van der Waals surface area contributed by atoms with Crippen molar-refractivity contribution in [1.82, 2.24) is 14.9 Å². The lowest BCUT2D eigenvalue weighted by Gasteiger charge is -2.26. The molecule has 2 aromatic heterocycles. The first kappa shape index (κ1) is 15.8. The number of hydrogen-bond donors (Lipinski definition) is 1. The van der Waals surface area contributed by atoms with Crippen molar-refractivity contribution in [2.75, 3.05) is 26.0 Å². The number of fused-ring (bicyclic) bond motifs is 1. The van der Waals surface area contributed by atoms with Gasteiger partial charge in [0.2, 0.25) is 0 Å². The Bertz CT molecular complexity index is 798. The number of thiophene rings is 1. The molecule has 120 valence electrons. The van der Waals surface area contributed by atoms with Crippen LogP contribution in [-0.4, -0.2) is 35.5 Å². The zero-order chi connectivity index (χ0) is 16.4. The minimum absolute atomic E-state index is 0.0561. The van der Waals surface area contributed by atoms with Gasteiger partial charge in [0.15, 0.2) is 0 Å². The third-order valence-electron chi connectivity index (χ3n) is 3.68. The van der Waals surface area contributed by atoms with Gasteiger partial charge in [-0.2, -0.15) is 0 Å². The van der Waals surface area contributed by atoms with E-state index in [4.69, 9.17) is 0 Å². The van der Waals surface area contributed by atoms with Gasteiger partial charge in [-0.25, -0.2) is 18.7 Å². The first-order valence-corrected chi connectivity index (χ1v) is 7.98. The third kappa shape index (κ3) is 3.16. The maximum atomic E-state index is 14.1. The van der Waals surface area contributed by atoms with E-state index in [2.05, 4.69) is 15.3 Å². The van der Waals surface area contributed by atoms with Gasteiger partial charge in [-0.3, -0.25) is 0 Å². The Labute approximate surface area is 136 Å². The highest BCUT2D eigenvalue weighted by atomic mass is 32.1. The van der Waals surface area contributed by atoms with E-state index >= 15 is 0 Å². The van der Waals surface area contributed by atoms with Crippen LogP contribution in [0.1, 0.15) is 11.6 Å². The van der Waals surface area contributed by atoms with Crippen LogP contribution in [0.25, 0.3) is 10.2 Å². The monoisotopic (exact) mass is 334 g/mol. The SMILES string of the molecule is CN(C)C(CNc1ncnc2sccc12)c1c(F)cccc1F. The van der Waals surface area contributed by atoms with Crippen molar-refractivity contribution < 1.29 is 8.78 Å². The normalized spacial score (nSPS) is 12.7. The van der Waals surface area contributed by atoms with E-state index in [9.17, 15) is 8.78 Å². The van der Waals surface area contributed by atoms with E-state index in [1.807, 2.05) is 11.4 Å². The number of likely N-dealkylation sites (N-methyl/N-ethyl adjacent to an activating group) is 1. The first-order chi connectivity index (χ1) is 11.1. The van der Waals surface area contributed by atoms with E-state index in [-0.39, 0.29) is 5.56 Å². The van der Waals surface area contributed by atoms with Crippen LogP contribution in [0.2, 0.25) is 0 Å². The van der Waals surface area contributed by atoms with Gasteiger partial charge in [0, 0.05) is 12.1 Å². The average molecular weight is 334 g/mol. The predicted molar refractivity (Wildman–Crippen MR) is 88.7 cm³/mol. The Hall–Kier alpha value is -2.12. The standard InChI is InChI=1S/C16H16F2N4S/c1-22(2)13(14-11(17)4-3-5-12(14)18)8-19-15-10-6-7-23-16(10)21-9-20-15/h3-7,9,13H,8H2,1-2H3,(H,19,20,21). The number of nitrogens with one attached hydrogen (secondary N) is 1. The second kappa shape index (κ2) is 6.55. The number of benzene rings is 1. The van der Waals surface area contributed by atoms with E-state index < -0.39 is 17.7 Å². The summed E-state index contributed by atoms with van der Waals surface area (Å²) in [4.78, 5) is 11.1. The molecule has 1 N–H and O–H groups in total. The molecule has 4 nitrogen and oxygen atoms in total. The highest BCUT2D eigenvalue weighted by Crippen LogP contribution is 2.27. The maximum Gasteiger partial charge on any atom is 0.138 e. The van der Waals surface area contributed by atoms with Crippen LogP contribution < -0.4 is 5.32 Å². The summed E-state index contributed by atoms with van der Waals surface area (Å²) >= 11 is 1.52. The van der Waals surface area contributed by atoms with Crippen molar-refractivity contribution in [3.05, 3.63) is 53.2 Å². The van der Waals surface area contributed by atoms with E-state index in [1.54, 1.807) is 19.0 Å². The zero-order valence-electron chi connectivity index (χ0n) is 12.8. The molecule has 0 saturated carbocycles. The molecule has 0 fully saturated rings. The minimum atomic E-state index is -0.547. The van der Waals surface area contributed by atoms with Crippen LogP contribution in [0.3, 0.4) is 0 Å². The van der Waals surface area contributed by atoms with E-state index in [0.717, 1.165) is 10.2 Å². The van der Waals surface area contributed by atoms with Crippen molar-refractivity contribution >= 4 is 27.4 Å². The van der Waals surface area contributed by atoms with Crippen LogP contribution in [0.15, 0.2) is 36.0 Å². The molecule has 0 aliphatic carbocycles. The van der Waals surface area contributed by atoms with Crippen LogP contribution in [0.5, 0.6) is 0 Å². The Balaban J connectivity index is 1.88. The lowest BCUT2D eigenvalue weighted by Crippen LogP contribution is -2.28. The topological polar surface area (TPSA) is 41.0 Å². The number of aromatic nitrogens is 2. The number of halogens is 2. The van der Waals surface area contributed by atoms with Crippen LogP contribution >= 0.6 is 11.3 Å². The second-order valence-corrected chi connectivity index (χ2v) is 6.25. The summed E-state index contributed by atoms with van der Waals surface area (Å²) in [5.41, 5.74) is 0.0561. The maximum absolute atomic E-state index is 14.1. The van der Waals surface area contributed by atoms with Gasteiger partial charge in [0.1, 0.15) is 28.6 Å². The fourth-order valence-corrected chi connectivity index (χ4v) is 3.23. The fraction of sp³-hybridized carbons (Fsp3) is 0.250. The zero-order valence-corrected chi connectivity index (χ0v) is 13.6. The molecule has 1 atom stereocenters. The molecular formula is C16H16F2N4S. The highest BCUT2D eigenvalue weighted by Gasteiger charge is 2.22. The third-order valence-corrected chi connectivity index (χ3v) is 4.50. The molecule has 1 unspecified atom stereocenters. The Morgan fingerprint density at radius 1 is 1.17 bits per heavy atom. The molecule has 2 heterocycles. The lowest BCUT2D eigenvalue weighted by atomic mass is 10.0. The largest absolute Gasteiger partial charge is 0.368 e. The minimum Gasteiger partial charge on any atom is -0.368 e. The van der Waals surface area contributed by atoms with Gasteiger partial charge < -0.3 is 10.2 Å². The second-order valence-electron chi connectivity index (χ2n) is 5.36. The van der Waals surface area contributed by atoms with Gasteiger partial charge >= 0.3 is 0 Å². The summed E-state index contributed by atoms with van der Waals surface area (Å²) in [5, 5.41) is 6.03. The summed E-state index contributed by atoms with van der Waals surface area (Å²) in [5.74, 6) is -0.428. The average Bonchev–Trinajstić information content (AvgIpc) is 2.99. The van der Waals surface area contributed by atoms with Crippen LogP contribution in [-0.2, 0) is 0 Å². The number of hydrogen-bond acceptors (Lipinski definition) is 5.